The predicted octanol–water partition coefficient (Wildman–Crippen LogP) is 7.07. The van der Waals surface area contributed by atoms with Gasteiger partial charge < -0.3 is 20.1 Å². The average molecular weight is 883 g/mol. The second-order valence-corrected chi connectivity index (χ2v) is 17.7. The second kappa shape index (κ2) is 19.7. The third-order valence-corrected chi connectivity index (χ3v) is 13.3. The molecule has 0 spiro atoms. The van der Waals surface area contributed by atoms with Gasteiger partial charge in [-0.2, -0.15) is 0 Å². The highest BCUT2D eigenvalue weighted by molar-refractivity contribution is 6.36. The lowest BCUT2D eigenvalue weighted by atomic mass is 9.88. The van der Waals surface area contributed by atoms with E-state index in [9.17, 15) is 33.1 Å². The Balaban J connectivity index is 0.869. The van der Waals surface area contributed by atoms with Gasteiger partial charge in [0.05, 0.1) is 53.1 Å². The van der Waals surface area contributed by atoms with Crippen LogP contribution in [0.25, 0.3) is 21.8 Å². The molecule has 2 amide bonds. The summed E-state index contributed by atoms with van der Waals surface area (Å²) in [6, 6.07) is 13.7. The zero-order valence-electron chi connectivity index (χ0n) is 35.4. The van der Waals surface area contributed by atoms with Crippen molar-refractivity contribution in [2.24, 2.45) is 5.92 Å². The van der Waals surface area contributed by atoms with Crippen LogP contribution >= 0.6 is 11.6 Å². The smallest absolute Gasteiger partial charge is 0.261 e. The quantitative estimate of drug-likeness (QED) is 0.0833. The first kappa shape index (κ1) is 44.5. The lowest BCUT2D eigenvalue weighted by Crippen LogP contribution is -2.51. The Morgan fingerprint density at radius 3 is 2.48 bits per heavy atom. The zero-order chi connectivity index (χ0) is 44.1. The first-order valence-corrected chi connectivity index (χ1v) is 22.5. The number of rotatable bonds is 15. The van der Waals surface area contributed by atoms with Gasteiger partial charge in [-0.1, -0.05) is 36.2 Å². The summed E-state index contributed by atoms with van der Waals surface area (Å²) in [5.41, 5.74) is 2.90. The molecule has 15 heteroatoms. The number of carbonyl (C=O) groups is 3. The fourth-order valence-electron chi connectivity index (χ4n) is 9.16. The van der Waals surface area contributed by atoms with Gasteiger partial charge in [-0.15, -0.1) is 0 Å². The number of piperidine rings is 1. The highest BCUT2D eigenvalue weighted by atomic mass is 35.5. The van der Waals surface area contributed by atoms with Crippen LogP contribution in [-0.4, -0.2) is 98.6 Å². The van der Waals surface area contributed by atoms with Crippen LogP contribution in [0.15, 0.2) is 65.7 Å². The number of likely N-dealkylation sites (tertiary alicyclic amines) is 1. The Morgan fingerprint density at radius 2 is 1.68 bits per heavy atom. The van der Waals surface area contributed by atoms with E-state index in [0.717, 1.165) is 61.5 Å². The van der Waals surface area contributed by atoms with Gasteiger partial charge in [0.1, 0.15) is 11.6 Å². The standard InChI is InChI=1S/C48H53ClF2N6O6/c49-45-36-6-2-3-7-40(36)54-42-26-32(10-13-37(42)45)43(58)8-4-1-5-33(25-31-9-11-34(50)27-39(31)51)46(60)56-19-16-48(62,17-20-56)29-57-30-52-41-28-35(12-14-38(41)47(57)61)53-44(59)15-18-55-21-23-63-24-22-55/h9-14,26-28,30,33,62H,1-8,15-25,29H2,(H,53,59). The second-order valence-electron chi connectivity index (χ2n) is 17.3. The number of pyridine rings is 1. The van der Waals surface area contributed by atoms with E-state index >= 15 is 0 Å². The molecule has 0 saturated carbocycles. The number of aromatic nitrogens is 3. The van der Waals surface area contributed by atoms with E-state index in [1.165, 1.54) is 23.0 Å². The monoisotopic (exact) mass is 882 g/mol. The molecule has 2 aromatic heterocycles. The maximum atomic E-state index is 14.9. The predicted molar refractivity (Wildman–Crippen MR) is 237 cm³/mol. The molecule has 1 atom stereocenters. The van der Waals surface area contributed by atoms with Crippen LogP contribution < -0.4 is 10.9 Å². The molecule has 0 bridgehead atoms. The molecule has 4 heterocycles. The Bertz CT molecular complexity index is 2570. The summed E-state index contributed by atoms with van der Waals surface area (Å²) in [5.74, 6) is -2.46. The van der Waals surface area contributed by atoms with Crippen molar-refractivity contribution in [1.29, 1.82) is 0 Å². The Morgan fingerprint density at radius 1 is 0.905 bits per heavy atom. The third-order valence-electron chi connectivity index (χ3n) is 12.9. The van der Waals surface area contributed by atoms with Gasteiger partial charge in [0, 0.05) is 79.9 Å². The Kier molecular flexibility index (Phi) is 13.9. The first-order valence-electron chi connectivity index (χ1n) is 22.1. The fraction of sp³-hybridized carbons (Fsp3) is 0.458. The number of morpholine rings is 1. The number of aliphatic hydroxyl groups is 1. The van der Waals surface area contributed by atoms with Gasteiger partial charge in [-0.25, -0.2) is 13.8 Å². The molecule has 8 rings (SSSR count). The molecular formula is C48H53ClF2N6O6. The van der Waals surface area contributed by atoms with Gasteiger partial charge in [0.2, 0.25) is 11.8 Å². The minimum atomic E-state index is -1.30. The molecule has 2 fully saturated rings. The van der Waals surface area contributed by atoms with Crippen LogP contribution in [0.1, 0.15) is 85.0 Å². The van der Waals surface area contributed by atoms with Crippen LogP contribution in [0.2, 0.25) is 5.02 Å². The van der Waals surface area contributed by atoms with Gasteiger partial charge in [-0.05, 0) is 99.2 Å². The number of ketones is 1. The van der Waals surface area contributed by atoms with E-state index in [0.29, 0.717) is 78.1 Å². The number of unbranched alkanes of at least 4 members (excludes halogenated alkanes) is 1. The number of anilines is 1. The highest BCUT2D eigenvalue weighted by Crippen LogP contribution is 2.34. The molecule has 3 aliphatic rings. The van der Waals surface area contributed by atoms with E-state index in [1.807, 2.05) is 6.07 Å². The fourth-order valence-corrected chi connectivity index (χ4v) is 9.52. The van der Waals surface area contributed by atoms with Gasteiger partial charge in [0.15, 0.2) is 5.78 Å². The van der Waals surface area contributed by atoms with Crippen molar-refractivity contribution in [2.75, 3.05) is 51.3 Å². The van der Waals surface area contributed by atoms with Crippen LogP contribution in [0.3, 0.4) is 0 Å². The number of hydrogen-bond donors (Lipinski definition) is 2. The lowest BCUT2D eigenvalue weighted by molar-refractivity contribution is -0.140. The topological polar surface area (TPSA) is 147 Å². The minimum Gasteiger partial charge on any atom is -0.388 e. The number of benzene rings is 3. The third kappa shape index (κ3) is 10.6. The molecule has 2 saturated heterocycles. The van der Waals surface area contributed by atoms with Crippen molar-refractivity contribution in [1.82, 2.24) is 24.3 Å². The van der Waals surface area contributed by atoms with Crippen molar-refractivity contribution >= 4 is 56.7 Å². The van der Waals surface area contributed by atoms with Crippen LogP contribution in [-0.2, 0) is 40.1 Å². The number of aryl methyl sites for hydroxylation is 1. The number of nitrogens with zero attached hydrogens (tertiary/aromatic N) is 5. The first-order chi connectivity index (χ1) is 30.4. The number of halogens is 3. The van der Waals surface area contributed by atoms with E-state index in [4.69, 9.17) is 21.3 Å². The van der Waals surface area contributed by atoms with Gasteiger partial charge in [0.25, 0.3) is 5.56 Å². The number of nitrogens with one attached hydrogen (secondary N) is 1. The van der Waals surface area contributed by atoms with Crippen LogP contribution in [0.5, 0.6) is 0 Å². The number of fused-ring (bicyclic) bond motifs is 3. The number of ether oxygens (including phenoxy) is 1. The van der Waals surface area contributed by atoms with Crippen molar-refractivity contribution in [2.45, 2.75) is 89.2 Å². The molecule has 1 aliphatic carbocycles. The lowest BCUT2D eigenvalue weighted by Gasteiger charge is -2.39. The van der Waals surface area contributed by atoms with E-state index in [2.05, 4.69) is 15.2 Å². The number of carbonyl (C=O) groups excluding carboxylic acids is 3. The molecule has 2 N–H and O–H groups in total. The summed E-state index contributed by atoms with van der Waals surface area (Å²) in [4.78, 5) is 66.8. The molecule has 3 aromatic carbocycles. The van der Waals surface area contributed by atoms with Crippen LogP contribution in [0.4, 0.5) is 14.5 Å². The molecule has 63 heavy (non-hydrogen) atoms. The Hall–Kier alpha value is -5.15. The molecular weight excluding hydrogens is 830 g/mol. The van der Waals surface area contributed by atoms with Crippen molar-refractivity contribution in [3.63, 3.8) is 0 Å². The molecule has 332 valence electrons. The van der Waals surface area contributed by atoms with Gasteiger partial charge in [-0.3, -0.25) is 33.6 Å². The Labute approximate surface area is 369 Å². The van der Waals surface area contributed by atoms with E-state index < -0.39 is 23.2 Å². The summed E-state index contributed by atoms with van der Waals surface area (Å²) in [6.07, 6.45) is 7.74. The number of hydrogen-bond acceptors (Lipinski definition) is 9. The largest absolute Gasteiger partial charge is 0.388 e. The molecule has 2 aliphatic heterocycles. The average Bonchev–Trinajstić information content (AvgIpc) is 3.28. The molecule has 12 nitrogen and oxygen atoms in total. The SMILES string of the molecule is O=C(CCN1CCOCC1)Nc1ccc2c(=O)n(CC3(O)CCN(C(=O)C(CCCCC(=O)c4ccc5c(Cl)c6c(nc5c4)CCCC6)Cc4ccc(F)cc4F)CC3)cnc2c1. The molecule has 0 radical (unpaired) electrons. The summed E-state index contributed by atoms with van der Waals surface area (Å²) < 4.78 is 35.5. The number of Topliss-reactive ketones (excluding diaryl/α,β-unsaturated/α-hetero) is 1. The normalized spacial score (nSPS) is 17.1. The highest BCUT2D eigenvalue weighted by Gasteiger charge is 2.37. The summed E-state index contributed by atoms with van der Waals surface area (Å²) in [5, 5.41) is 16.5. The maximum Gasteiger partial charge on any atom is 0.261 e. The van der Waals surface area contributed by atoms with Gasteiger partial charge >= 0.3 is 0 Å². The molecule has 1 unspecified atom stereocenters. The maximum absolute atomic E-state index is 14.9. The molecule has 5 aromatic rings. The summed E-state index contributed by atoms with van der Waals surface area (Å²) >= 11 is 6.75. The minimum absolute atomic E-state index is 0.0302. The van der Waals surface area contributed by atoms with Crippen molar-refractivity contribution in [3.8, 4) is 0 Å². The van der Waals surface area contributed by atoms with E-state index in [1.54, 1.807) is 35.2 Å². The van der Waals surface area contributed by atoms with E-state index in [-0.39, 0.29) is 74.0 Å². The summed E-state index contributed by atoms with van der Waals surface area (Å²) in [6.45, 7) is 3.93. The summed E-state index contributed by atoms with van der Waals surface area (Å²) in [7, 11) is 0. The van der Waals surface area contributed by atoms with Crippen LogP contribution in [0, 0.1) is 17.6 Å². The zero-order valence-corrected chi connectivity index (χ0v) is 36.1. The van der Waals surface area contributed by atoms with Crippen molar-refractivity contribution in [3.05, 3.63) is 110 Å². The number of amides is 2. The van der Waals surface area contributed by atoms with Crippen molar-refractivity contribution < 1.29 is 33.0 Å².